The van der Waals surface area contributed by atoms with Gasteiger partial charge in [-0.3, -0.25) is 5.32 Å². The molecule has 2 atom stereocenters. The van der Waals surface area contributed by atoms with E-state index in [0.717, 1.165) is 13.0 Å². The average Bonchev–Trinajstić information content (AvgIpc) is 1.97. The van der Waals surface area contributed by atoms with E-state index in [9.17, 15) is 0 Å². The SMILES string of the molecule is C[C@@H]1C#C[C@@H](N)NCC1. The zero-order chi connectivity index (χ0) is 6.69. The fourth-order valence-corrected chi connectivity index (χ4v) is 0.811. The van der Waals surface area contributed by atoms with E-state index in [1.165, 1.54) is 0 Å². The van der Waals surface area contributed by atoms with Crippen molar-refractivity contribution in [1.29, 1.82) is 0 Å². The van der Waals surface area contributed by atoms with E-state index < -0.39 is 0 Å². The van der Waals surface area contributed by atoms with Crippen LogP contribution in [0.5, 0.6) is 0 Å². The van der Waals surface area contributed by atoms with Crippen molar-refractivity contribution in [3.05, 3.63) is 0 Å². The fraction of sp³-hybridized carbons (Fsp3) is 0.714. The molecule has 0 fully saturated rings. The minimum atomic E-state index is -0.102. The summed E-state index contributed by atoms with van der Waals surface area (Å²) in [5.74, 6) is 6.47. The highest BCUT2D eigenvalue weighted by molar-refractivity contribution is 5.09. The Morgan fingerprint density at radius 2 is 2.33 bits per heavy atom. The summed E-state index contributed by atoms with van der Waals surface area (Å²) >= 11 is 0. The van der Waals surface area contributed by atoms with Crippen LogP contribution in [0.2, 0.25) is 0 Å². The van der Waals surface area contributed by atoms with Crippen molar-refractivity contribution < 1.29 is 0 Å². The van der Waals surface area contributed by atoms with Gasteiger partial charge in [0.1, 0.15) is 6.17 Å². The van der Waals surface area contributed by atoms with Crippen molar-refractivity contribution >= 4 is 0 Å². The summed E-state index contributed by atoms with van der Waals surface area (Å²) in [6.45, 7) is 3.09. The van der Waals surface area contributed by atoms with Crippen LogP contribution in [0.15, 0.2) is 0 Å². The second kappa shape index (κ2) is 2.86. The quantitative estimate of drug-likeness (QED) is 0.443. The van der Waals surface area contributed by atoms with Gasteiger partial charge in [-0.05, 0) is 13.0 Å². The number of rotatable bonds is 0. The molecule has 0 spiro atoms. The molecule has 9 heavy (non-hydrogen) atoms. The topological polar surface area (TPSA) is 38.0 Å². The maximum absolute atomic E-state index is 5.51. The van der Waals surface area contributed by atoms with Gasteiger partial charge < -0.3 is 5.73 Å². The number of hydrogen-bond acceptors (Lipinski definition) is 2. The van der Waals surface area contributed by atoms with Gasteiger partial charge in [0.25, 0.3) is 0 Å². The lowest BCUT2D eigenvalue weighted by molar-refractivity contribution is 0.573. The third kappa shape index (κ3) is 2.05. The van der Waals surface area contributed by atoms with Gasteiger partial charge in [0.2, 0.25) is 0 Å². The molecule has 0 saturated heterocycles. The monoisotopic (exact) mass is 124 g/mol. The van der Waals surface area contributed by atoms with Crippen molar-refractivity contribution in [2.45, 2.75) is 19.5 Å². The minimum Gasteiger partial charge on any atom is -0.306 e. The molecule has 2 nitrogen and oxygen atoms in total. The van der Waals surface area contributed by atoms with Crippen molar-refractivity contribution in [2.24, 2.45) is 11.7 Å². The van der Waals surface area contributed by atoms with Crippen molar-refractivity contribution in [2.75, 3.05) is 6.54 Å². The van der Waals surface area contributed by atoms with E-state index in [1.54, 1.807) is 0 Å². The summed E-state index contributed by atoms with van der Waals surface area (Å²) in [5.41, 5.74) is 5.51. The van der Waals surface area contributed by atoms with E-state index in [1.807, 2.05) is 0 Å². The first-order chi connectivity index (χ1) is 4.29. The molecule has 0 bridgehead atoms. The molecule has 0 saturated carbocycles. The van der Waals surface area contributed by atoms with Gasteiger partial charge in [0.15, 0.2) is 0 Å². The van der Waals surface area contributed by atoms with Gasteiger partial charge in [0, 0.05) is 5.92 Å². The van der Waals surface area contributed by atoms with E-state index in [0.29, 0.717) is 5.92 Å². The number of hydrogen-bond donors (Lipinski definition) is 2. The van der Waals surface area contributed by atoms with Crippen LogP contribution in [0.3, 0.4) is 0 Å². The lowest BCUT2D eigenvalue weighted by atomic mass is 10.1. The van der Waals surface area contributed by atoms with E-state index in [-0.39, 0.29) is 6.17 Å². The van der Waals surface area contributed by atoms with Crippen LogP contribution in [-0.4, -0.2) is 12.7 Å². The molecule has 1 aliphatic rings. The van der Waals surface area contributed by atoms with Crippen LogP contribution >= 0.6 is 0 Å². The summed E-state index contributed by atoms with van der Waals surface area (Å²) in [6, 6.07) is 0. The maximum Gasteiger partial charge on any atom is 0.119 e. The van der Waals surface area contributed by atoms with Crippen molar-refractivity contribution in [3.63, 3.8) is 0 Å². The van der Waals surface area contributed by atoms with Crippen molar-refractivity contribution in [1.82, 2.24) is 5.32 Å². The molecule has 1 aliphatic heterocycles. The number of nitrogens with one attached hydrogen (secondary N) is 1. The molecule has 0 aliphatic carbocycles. The van der Waals surface area contributed by atoms with Gasteiger partial charge in [-0.15, -0.1) is 0 Å². The molecular weight excluding hydrogens is 112 g/mol. The lowest BCUT2D eigenvalue weighted by Gasteiger charge is -2.03. The summed E-state index contributed by atoms with van der Waals surface area (Å²) < 4.78 is 0. The predicted molar refractivity (Wildman–Crippen MR) is 37.5 cm³/mol. The van der Waals surface area contributed by atoms with E-state index in [4.69, 9.17) is 5.73 Å². The van der Waals surface area contributed by atoms with Gasteiger partial charge in [-0.25, -0.2) is 0 Å². The van der Waals surface area contributed by atoms with Crippen LogP contribution in [-0.2, 0) is 0 Å². The van der Waals surface area contributed by atoms with E-state index in [2.05, 4.69) is 24.1 Å². The molecule has 50 valence electrons. The normalized spacial score (nSPS) is 34.4. The predicted octanol–water partition coefficient (Wildman–Crippen LogP) is -0.0960. The van der Waals surface area contributed by atoms with Crippen LogP contribution < -0.4 is 11.1 Å². The largest absolute Gasteiger partial charge is 0.306 e. The molecule has 1 heterocycles. The highest BCUT2D eigenvalue weighted by Crippen LogP contribution is 1.99. The third-order valence-electron chi connectivity index (χ3n) is 1.43. The highest BCUT2D eigenvalue weighted by atomic mass is 15.0. The lowest BCUT2D eigenvalue weighted by Crippen LogP contribution is -2.35. The van der Waals surface area contributed by atoms with Crippen LogP contribution in [0.4, 0.5) is 0 Å². The van der Waals surface area contributed by atoms with E-state index >= 15 is 0 Å². The summed E-state index contributed by atoms with van der Waals surface area (Å²) in [4.78, 5) is 0. The van der Waals surface area contributed by atoms with Gasteiger partial charge in [0.05, 0.1) is 0 Å². The Kier molecular flexibility index (Phi) is 2.10. The Morgan fingerprint density at radius 3 is 3.11 bits per heavy atom. The highest BCUT2D eigenvalue weighted by Gasteiger charge is 2.03. The Hall–Kier alpha value is -0.520. The van der Waals surface area contributed by atoms with Gasteiger partial charge >= 0.3 is 0 Å². The first-order valence-electron chi connectivity index (χ1n) is 3.29. The van der Waals surface area contributed by atoms with Crippen molar-refractivity contribution in [3.8, 4) is 11.8 Å². The second-order valence-corrected chi connectivity index (χ2v) is 2.41. The first kappa shape index (κ1) is 6.60. The average molecular weight is 124 g/mol. The zero-order valence-corrected chi connectivity index (χ0v) is 5.65. The standard InChI is InChI=1S/C7H12N2/c1-6-2-3-7(8)9-5-4-6/h6-7,9H,4-5,8H2,1H3/t6-,7+/m1/s1. The molecule has 0 aromatic rings. The molecular formula is C7H12N2. The second-order valence-electron chi connectivity index (χ2n) is 2.41. The molecule has 0 unspecified atom stereocenters. The third-order valence-corrected chi connectivity index (χ3v) is 1.43. The Bertz CT molecular complexity index is 129. The summed E-state index contributed by atoms with van der Waals surface area (Å²) in [5, 5.41) is 3.08. The molecule has 1 rings (SSSR count). The molecule has 0 radical (unpaired) electrons. The Morgan fingerprint density at radius 1 is 1.56 bits per heavy atom. The molecule has 2 heteroatoms. The van der Waals surface area contributed by atoms with Gasteiger partial charge in [-0.2, -0.15) is 0 Å². The minimum absolute atomic E-state index is 0.102. The van der Waals surface area contributed by atoms with Crippen LogP contribution in [0, 0.1) is 17.8 Å². The molecule has 0 aromatic heterocycles. The summed E-state index contributed by atoms with van der Waals surface area (Å²) in [7, 11) is 0. The molecule has 0 amide bonds. The Labute approximate surface area is 55.8 Å². The van der Waals surface area contributed by atoms with Gasteiger partial charge in [-0.1, -0.05) is 18.8 Å². The smallest absolute Gasteiger partial charge is 0.119 e. The first-order valence-corrected chi connectivity index (χ1v) is 3.29. The van der Waals surface area contributed by atoms with Crippen LogP contribution in [0.1, 0.15) is 13.3 Å². The molecule has 3 N–H and O–H groups in total. The summed E-state index contributed by atoms with van der Waals surface area (Å²) in [6.07, 6.45) is 1.01. The number of nitrogens with two attached hydrogens (primary N) is 1. The molecule has 0 aromatic carbocycles. The Balaban J connectivity index is 2.49. The fourth-order valence-electron chi connectivity index (χ4n) is 0.811. The van der Waals surface area contributed by atoms with Crippen LogP contribution in [0.25, 0.3) is 0 Å². The zero-order valence-electron chi connectivity index (χ0n) is 5.65. The maximum atomic E-state index is 5.51.